The molecule has 6 heteroatoms. The lowest BCUT2D eigenvalue weighted by molar-refractivity contribution is 0.0749. The molecule has 2 heterocycles. The first-order chi connectivity index (χ1) is 17.1. The van der Waals surface area contributed by atoms with Crippen LogP contribution in [0.5, 0.6) is 0 Å². The molecule has 0 unspecified atom stereocenters. The summed E-state index contributed by atoms with van der Waals surface area (Å²) in [5.74, 6) is -0.209. The molecule has 4 aromatic rings. The monoisotopic (exact) mass is 468 g/mol. The van der Waals surface area contributed by atoms with E-state index in [2.05, 4.69) is 17.0 Å². The van der Waals surface area contributed by atoms with Crippen LogP contribution in [0.2, 0.25) is 0 Å². The Hall–Kier alpha value is -3.77. The van der Waals surface area contributed by atoms with Gasteiger partial charge in [0.1, 0.15) is 5.82 Å². The lowest BCUT2D eigenvalue weighted by Gasteiger charge is -2.28. The Balaban J connectivity index is 1.45. The Kier molecular flexibility index (Phi) is 6.73. The lowest BCUT2D eigenvalue weighted by Crippen LogP contribution is -2.33. The number of rotatable bonds is 7. The third-order valence-electron chi connectivity index (χ3n) is 6.57. The average Bonchev–Trinajstić information content (AvgIpc) is 3.27. The van der Waals surface area contributed by atoms with Gasteiger partial charge in [-0.2, -0.15) is 5.10 Å². The fourth-order valence-electron chi connectivity index (χ4n) is 4.71. The van der Waals surface area contributed by atoms with Crippen LogP contribution in [-0.2, 0) is 26.1 Å². The van der Waals surface area contributed by atoms with Gasteiger partial charge in [0.25, 0.3) is 5.91 Å². The number of carbonyl (C=O) groups excluding carboxylic acids is 1. The molecule has 5 nitrogen and oxygen atoms in total. The molecule has 0 fully saturated rings. The number of fused-ring (bicyclic) bond motifs is 1. The van der Waals surface area contributed by atoms with E-state index in [4.69, 9.17) is 5.10 Å². The summed E-state index contributed by atoms with van der Waals surface area (Å²) in [5, 5.41) is 5.03. The molecule has 0 radical (unpaired) electrons. The number of carbonyl (C=O) groups is 1. The van der Waals surface area contributed by atoms with Gasteiger partial charge in [0.2, 0.25) is 0 Å². The third-order valence-corrected chi connectivity index (χ3v) is 6.57. The second-order valence-electron chi connectivity index (χ2n) is 8.89. The Bertz CT molecular complexity index is 1290. The van der Waals surface area contributed by atoms with Crippen molar-refractivity contribution in [2.75, 3.05) is 13.1 Å². The van der Waals surface area contributed by atoms with Crippen molar-refractivity contribution in [3.8, 4) is 5.69 Å². The van der Waals surface area contributed by atoms with Gasteiger partial charge >= 0.3 is 0 Å². The summed E-state index contributed by atoms with van der Waals surface area (Å²) in [6.07, 6.45) is 0.858. The minimum Gasteiger partial charge on any atom is -0.333 e. The normalized spacial score (nSPS) is 13.4. The summed E-state index contributed by atoms with van der Waals surface area (Å²) < 4.78 is 15.4. The highest BCUT2D eigenvalue weighted by atomic mass is 19.1. The smallest absolute Gasteiger partial charge is 0.254 e. The molecule has 0 bridgehead atoms. The predicted octanol–water partition coefficient (Wildman–Crippen LogP) is 5.23. The second-order valence-corrected chi connectivity index (χ2v) is 8.89. The van der Waals surface area contributed by atoms with Gasteiger partial charge in [-0.3, -0.25) is 9.69 Å². The zero-order chi connectivity index (χ0) is 24.2. The van der Waals surface area contributed by atoms with Gasteiger partial charge in [-0.05, 0) is 48.9 Å². The van der Waals surface area contributed by atoms with Crippen molar-refractivity contribution in [2.24, 2.45) is 0 Å². The van der Waals surface area contributed by atoms with Crippen LogP contribution in [-0.4, -0.2) is 38.6 Å². The van der Waals surface area contributed by atoms with E-state index in [1.54, 1.807) is 0 Å². The molecular weight excluding hydrogens is 439 g/mol. The number of amides is 1. The highest BCUT2D eigenvalue weighted by Gasteiger charge is 2.27. The minimum absolute atomic E-state index is 0.00934. The second kappa shape index (κ2) is 10.2. The van der Waals surface area contributed by atoms with E-state index < -0.39 is 0 Å². The van der Waals surface area contributed by atoms with Crippen molar-refractivity contribution in [1.82, 2.24) is 19.6 Å². The Morgan fingerprint density at radius 2 is 1.66 bits per heavy atom. The van der Waals surface area contributed by atoms with Crippen molar-refractivity contribution < 1.29 is 9.18 Å². The van der Waals surface area contributed by atoms with E-state index in [0.717, 1.165) is 43.0 Å². The van der Waals surface area contributed by atoms with Crippen LogP contribution in [0.15, 0.2) is 84.9 Å². The summed E-state index contributed by atoms with van der Waals surface area (Å²) in [6.45, 7) is 5.43. The van der Waals surface area contributed by atoms with Crippen molar-refractivity contribution >= 4 is 5.91 Å². The number of benzene rings is 3. The van der Waals surface area contributed by atoms with Gasteiger partial charge in [0, 0.05) is 43.7 Å². The zero-order valence-electron chi connectivity index (χ0n) is 19.9. The maximum atomic E-state index is 13.4. The quantitative estimate of drug-likeness (QED) is 0.373. The molecule has 0 spiro atoms. The molecule has 0 saturated carbocycles. The van der Waals surface area contributed by atoms with Crippen LogP contribution in [0.25, 0.3) is 5.69 Å². The number of hydrogen-bond acceptors (Lipinski definition) is 3. The van der Waals surface area contributed by atoms with E-state index in [1.165, 1.54) is 23.4 Å². The lowest BCUT2D eigenvalue weighted by atomic mass is 10.0. The maximum absolute atomic E-state index is 13.4. The van der Waals surface area contributed by atoms with E-state index in [9.17, 15) is 9.18 Å². The molecule has 0 N–H and O–H groups in total. The molecule has 1 aliphatic rings. The molecule has 5 rings (SSSR count). The summed E-state index contributed by atoms with van der Waals surface area (Å²) >= 11 is 0. The summed E-state index contributed by atoms with van der Waals surface area (Å²) in [5.41, 5.74) is 6.11. The standard InChI is InChI=1S/C29H29FN4O/c1-2-33(29(35)23-9-5-3-6-10-23)21-27-26-20-32(19-22-13-15-24(30)16-14-22)18-17-28(26)34(31-27)25-11-7-4-8-12-25/h3-16H,2,17-21H2,1H3. The van der Waals surface area contributed by atoms with Crippen LogP contribution in [0.4, 0.5) is 4.39 Å². The first-order valence-electron chi connectivity index (χ1n) is 12.1. The Labute approximate surface area is 205 Å². The van der Waals surface area contributed by atoms with Gasteiger partial charge in [-0.1, -0.05) is 48.5 Å². The van der Waals surface area contributed by atoms with Gasteiger partial charge in [0.15, 0.2) is 0 Å². The highest BCUT2D eigenvalue weighted by molar-refractivity contribution is 5.94. The summed E-state index contributed by atoms with van der Waals surface area (Å²) in [7, 11) is 0. The zero-order valence-corrected chi connectivity index (χ0v) is 19.9. The van der Waals surface area contributed by atoms with E-state index in [1.807, 2.05) is 77.2 Å². The van der Waals surface area contributed by atoms with Crippen LogP contribution in [0.3, 0.4) is 0 Å². The molecule has 1 aliphatic heterocycles. The van der Waals surface area contributed by atoms with E-state index in [-0.39, 0.29) is 11.7 Å². The van der Waals surface area contributed by atoms with Gasteiger partial charge < -0.3 is 4.90 Å². The molecule has 35 heavy (non-hydrogen) atoms. The molecule has 1 aromatic heterocycles. The van der Waals surface area contributed by atoms with Crippen molar-refractivity contribution in [2.45, 2.75) is 33.0 Å². The average molecular weight is 469 g/mol. The van der Waals surface area contributed by atoms with Gasteiger partial charge in [-0.25, -0.2) is 9.07 Å². The Morgan fingerprint density at radius 3 is 2.34 bits per heavy atom. The molecule has 0 aliphatic carbocycles. The van der Waals surface area contributed by atoms with Crippen molar-refractivity contribution in [3.05, 3.63) is 119 Å². The number of hydrogen-bond donors (Lipinski definition) is 0. The highest BCUT2D eigenvalue weighted by Crippen LogP contribution is 2.27. The summed E-state index contributed by atoms with van der Waals surface area (Å²) in [6, 6.07) is 26.3. The number of para-hydroxylation sites is 1. The predicted molar refractivity (Wildman–Crippen MR) is 135 cm³/mol. The van der Waals surface area contributed by atoms with Crippen molar-refractivity contribution in [1.29, 1.82) is 0 Å². The molecule has 0 atom stereocenters. The number of halogens is 1. The fraction of sp³-hybridized carbons (Fsp3) is 0.241. The van der Waals surface area contributed by atoms with Crippen LogP contribution < -0.4 is 0 Å². The van der Waals surface area contributed by atoms with Crippen LogP contribution in [0, 0.1) is 5.82 Å². The Morgan fingerprint density at radius 1 is 0.971 bits per heavy atom. The van der Waals surface area contributed by atoms with Gasteiger partial charge in [0.05, 0.1) is 23.6 Å². The molecule has 0 saturated heterocycles. The van der Waals surface area contributed by atoms with Crippen LogP contribution >= 0.6 is 0 Å². The molecule has 3 aromatic carbocycles. The van der Waals surface area contributed by atoms with Crippen LogP contribution in [0.1, 0.15) is 39.8 Å². The maximum Gasteiger partial charge on any atom is 0.254 e. The number of nitrogens with zero attached hydrogens (tertiary/aromatic N) is 4. The van der Waals surface area contributed by atoms with E-state index in [0.29, 0.717) is 18.7 Å². The molecule has 178 valence electrons. The largest absolute Gasteiger partial charge is 0.333 e. The van der Waals surface area contributed by atoms with Crippen molar-refractivity contribution in [3.63, 3.8) is 0 Å². The third kappa shape index (κ3) is 5.03. The number of aromatic nitrogens is 2. The summed E-state index contributed by atoms with van der Waals surface area (Å²) in [4.78, 5) is 17.4. The van der Waals surface area contributed by atoms with Gasteiger partial charge in [-0.15, -0.1) is 0 Å². The first kappa shape index (κ1) is 23.0. The minimum atomic E-state index is -0.219. The topological polar surface area (TPSA) is 41.4 Å². The first-order valence-corrected chi connectivity index (χ1v) is 12.1. The van der Waals surface area contributed by atoms with E-state index >= 15 is 0 Å². The molecule has 1 amide bonds. The fourth-order valence-corrected chi connectivity index (χ4v) is 4.71. The molecular formula is C29H29FN4O. The SMILES string of the molecule is CCN(Cc1nn(-c2ccccc2)c2c1CN(Cc1ccc(F)cc1)CC2)C(=O)c1ccccc1.